The molecule has 0 unspecified atom stereocenters. The number of nitrogens with zero attached hydrogens (tertiary/aromatic N) is 3. The molecule has 2 aliphatic heterocycles. The first kappa shape index (κ1) is 25.6. The van der Waals surface area contributed by atoms with E-state index in [1.54, 1.807) is 65.4 Å². The third-order valence-electron chi connectivity index (χ3n) is 7.24. The van der Waals surface area contributed by atoms with Gasteiger partial charge >= 0.3 is 0 Å². The molecule has 0 aliphatic carbocycles. The van der Waals surface area contributed by atoms with E-state index in [1.807, 2.05) is 30.3 Å². The average molecular weight is 533 g/mol. The molecule has 0 saturated carbocycles. The normalized spacial score (nSPS) is 16.6. The molecule has 5 rings (SSSR count). The lowest BCUT2D eigenvalue weighted by atomic mass is 9.85. The summed E-state index contributed by atoms with van der Waals surface area (Å²) < 4.78 is 5.23. The Balaban J connectivity index is 1.33. The number of rotatable bonds is 6. The van der Waals surface area contributed by atoms with Gasteiger partial charge in [-0.05, 0) is 61.4 Å². The standard InChI is InChI=1S/C29H29ClN4O4/c1-38-25-9-5-6-23(18-25)31-26(35)19-33-20-34(24-7-3-2-4-8-24)29(28(33)37)14-16-32(17-15-29)27(36)21-10-12-22(30)13-11-21/h2-13,18H,14-17,19-20H2,1H3,(H,31,35). The Bertz CT molecular complexity index is 1320. The summed E-state index contributed by atoms with van der Waals surface area (Å²) in [6.07, 6.45) is 0.933. The highest BCUT2D eigenvalue weighted by Gasteiger charge is 2.54. The molecule has 0 radical (unpaired) electrons. The highest BCUT2D eigenvalue weighted by Crippen LogP contribution is 2.39. The minimum Gasteiger partial charge on any atom is -0.497 e. The van der Waals surface area contributed by atoms with E-state index >= 15 is 0 Å². The third kappa shape index (κ3) is 5.04. The van der Waals surface area contributed by atoms with Crippen LogP contribution in [-0.2, 0) is 9.59 Å². The van der Waals surface area contributed by atoms with E-state index in [4.69, 9.17) is 16.3 Å². The number of hydrogen-bond donors (Lipinski definition) is 1. The molecule has 38 heavy (non-hydrogen) atoms. The van der Waals surface area contributed by atoms with Gasteiger partial charge in [0.25, 0.3) is 11.8 Å². The Morgan fingerprint density at radius 1 is 0.974 bits per heavy atom. The van der Waals surface area contributed by atoms with Crippen molar-refractivity contribution in [3.63, 3.8) is 0 Å². The van der Waals surface area contributed by atoms with Crippen LogP contribution in [-0.4, -0.2) is 66.5 Å². The van der Waals surface area contributed by atoms with Gasteiger partial charge in [0.2, 0.25) is 5.91 Å². The third-order valence-corrected chi connectivity index (χ3v) is 7.49. The number of ether oxygens (including phenoxy) is 1. The van der Waals surface area contributed by atoms with Crippen LogP contribution in [0.2, 0.25) is 5.02 Å². The molecular weight excluding hydrogens is 504 g/mol. The first-order valence-electron chi connectivity index (χ1n) is 12.5. The van der Waals surface area contributed by atoms with Crippen molar-refractivity contribution in [2.45, 2.75) is 18.4 Å². The van der Waals surface area contributed by atoms with Crippen LogP contribution in [0.15, 0.2) is 78.9 Å². The Hall–Kier alpha value is -4.04. The second-order valence-electron chi connectivity index (χ2n) is 9.52. The number of halogens is 1. The number of piperidine rings is 1. The van der Waals surface area contributed by atoms with Crippen LogP contribution in [0.4, 0.5) is 11.4 Å². The molecular formula is C29H29ClN4O4. The van der Waals surface area contributed by atoms with Gasteiger partial charge in [0.15, 0.2) is 0 Å². The zero-order valence-electron chi connectivity index (χ0n) is 21.1. The predicted molar refractivity (Wildman–Crippen MR) is 146 cm³/mol. The smallest absolute Gasteiger partial charge is 0.253 e. The van der Waals surface area contributed by atoms with Crippen LogP contribution in [0.5, 0.6) is 5.75 Å². The minimum absolute atomic E-state index is 0.0749. The van der Waals surface area contributed by atoms with Crippen molar-refractivity contribution in [2.24, 2.45) is 0 Å². The summed E-state index contributed by atoms with van der Waals surface area (Å²) in [4.78, 5) is 45.4. The molecule has 1 spiro atoms. The van der Waals surface area contributed by atoms with Gasteiger partial charge in [-0.1, -0.05) is 35.9 Å². The van der Waals surface area contributed by atoms with Gasteiger partial charge in [-0.2, -0.15) is 0 Å². The van der Waals surface area contributed by atoms with Crippen molar-refractivity contribution in [3.8, 4) is 5.75 Å². The number of methoxy groups -OCH3 is 1. The highest BCUT2D eigenvalue weighted by molar-refractivity contribution is 6.30. The lowest BCUT2D eigenvalue weighted by Crippen LogP contribution is -2.57. The van der Waals surface area contributed by atoms with Crippen LogP contribution < -0.4 is 15.0 Å². The first-order valence-corrected chi connectivity index (χ1v) is 12.9. The summed E-state index contributed by atoms with van der Waals surface area (Å²) in [5.41, 5.74) is 1.26. The van der Waals surface area contributed by atoms with Crippen molar-refractivity contribution in [2.75, 3.05) is 43.6 Å². The van der Waals surface area contributed by atoms with Crippen molar-refractivity contribution in [3.05, 3.63) is 89.4 Å². The van der Waals surface area contributed by atoms with Gasteiger partial charge in [0.1, 0.15) is 17.8 Å². The topological polar surface area (TPSA) is 82.2 Å². The van der Waals surface area contributed by atoms with E-state index in [0.717, 1.165) is 5.69 Å². The number of hydrogen-bond acceptors (Lipinski definition) is 5. The Kier molecular flexibility index (Phi) is 7.24. The molecule has 1 N–H and O–H groups in total. The highest BCUT2D eigenvalue weighted by atomic mass is 35.5. The first-order chi connectivity index (χ1) is 18.4. The molecule has 2 saturated heterocycles. The maximum atomic E-state index is 13.9. The fourth-order valence-corrected chi connectivity index (χ4v) is 5.38. The van der Waals surface area contributed by atoms with Crippen molar-refractivity contribution < 1.29 is 19.1 Å². The molecule has 2 heterocycles. The SMILES string of the molecule is COc1cccc(NC(=O)CN2CN(c3ccccc3)C3(CCN(C(=O)c4ccc(Cl)cc4)CC3)C2=O)c1. The summed E-state index contributed by atoms with van der Waals surface area (Å²) in [5.74, 6) is 0.171. The van der Waals surface area contributed by atoms with Crippen LogP contribution >= 0.6 is 11.6 Å². The second kappa shape index (κ2) is 10.8. The van der Waals surface area contributed by atoms with Gasteiger partial charge in [0, 0.05) is 41.1 Å². The second-order valence-corrected chi connectivity index (χ2v) is 9.96. The molecule has 3 aromatic rings. The van der Waals surface area contributed by atoms with Crippen LogP contribution in [0.3, 0.4) is 0 Å². The molecule has 0 atom stereocenters. The summed E-state index contributed by atoms with van der Waals surface area (Å²) in [6.45, 7) is 1.08. The monoisotopic (exact) mass is 532 g/mol. The van der Waals surface area contributed by atoms with Crippen LogP contribution in [0, 0.1) is 0 Å². The maximum absolute atomic E-state index is 13.9. The van der Waals surface area contributed by atoms with Crippen molar-refractivity contribution in [1.29, 1.82) is 0 Å². The zero-order chi connectivity index (χ0) is 26.7. The molecule has 3 amide bonds. The number of nitrogens with one attached hydrogen (secondary N) is 1. The molecule has 0 bridgehead atoms. The quantitative estimate of drug-likeness (QED) is 0.513. The number of carbonyl (C=O) groups is 3. The van der Waals surface area contributed by atoms with Gasteiger partial charge in [0.05, 0.1) is 13.8 Å². The summed E-state index contributed by atoms with van der Waals surface area (Å²) >= 11 is 5.98. The molecule has 0 aromatic heterocycles. The van der Waals surface area contributed by atoms with E-state index in [-0.39, 0.29) is 24.3 Å². The van der Waals surface area contributed by atoms with E-state index < -0.39 is 5.54 Å². The largest absolute Gasteiger partial charge is 0.497 e. The zero-order valence-corrected chi connectivity index (χ0v) is 21.9. The molecule has 9 heteroatoms. The lowest BCUT2D eigenvalue weighted by molar-refractivity contribution is -0.136. The Labute approximate surface area is 226 Å². The number of anilines is 2. The molecule has 2 aliphatic rings. The van der Waals surface area contributed by atoms with Gasteiger partial charge < -0.3 is 24.8 Å². The van der Waals surface area contributed by atoms with Gasteiger partial charge in [-0.15, -0.1) is 0 Å². The summed E-state index contributed by atoms with van der Waals surface area (Å²) in [6, 6.07) is 23.7. The van der Waals surface area contributed by atoms with Crippen LogP contribution in [0.25, 0.3) is 0 Å². The van der Waals surface area contributed by atoms with Gasteiger partial charge in [-0.25, -0.2) is 0 Å². The molecule has 8 nitrogen and oxygen atoms in total. The van der Waals surface area contributed by atoms with Crippen molar-refractivity contribution >= 4 is 40.7 Å². The van der Waals surface area contributed by atoms with E-state index in [0.29, 0.717) is 54.6 Å². The molecule has 2 fully saturated rings. The Morgan fingerprint density at radius 3 is 2.37 bits per heavy atom. The molecule has 3 aromatic carbocycles. The maximum Gasteiger partial charge on any atom is 0.253 e. The number of para-hydroxylation sites is 1. The minimum atomic E-state index is -0.825. The summed E-state index contributed by atoms with van der Waals surface area (Å²) in [7, 11) is 1.57. The van der Waals surface area contributed by atoms with E-state index in [1.165, 1.54) is 0 Å². The predicted octanol–water partition coefficient (Wildman–Crippen LogP) is 4.27. The average Bonchev–Trinajstić information content (AvgIpc) is 3.20. The van der Waals surface area contributed by atoms with E-state index in [2.05, 4.69) is 10.2 Å². The lowest BCUT2D eigenvalue weighted by Gasteiger charge is -2.43. The fourth-order valence-electron chi connectivity index (χ4n) is 5.25. The Morgan fingerprint density at radius 2 is 1.68 bits per heavy atom. The van der Waals surface area contributed by atoms with E-state index in [9.17, 15) is 14.4 Å². The van der Waals surface area contributed by atoms with Crippen molar-refractivity contribution in [1.82, 2.24) is 9.80 Å². The number of benzene rings is 3. The number of amides is 3. The number of likely N-dealkylation sites (tertiary alicyclic amines) is 1. The van der Waals surface area contributed by atoms with Crippen LogP contribution in [0.1, 0.15) is 23.2 Å². The fraction of sp³-hybridized carbons (Fsp3) is 0.276. The summed E-state index contributed by atoms with van der Waals surface area (Å²) in [5, 5.41) is 3.43. The number of carbonyl (C=O) groups excluding carboxylic acids is 3. The molecule has 196 valence electrons. The van der Waals surface area contributed by atoms with Gasteiger partial charge in [-0.3, -0.25) is 14.4 Å².